The van der Waals surface area contributed by atoms with Crippen molar-refractivity contribution in [3.63, 3.8) is 0 Å². The summed E-state index contributed by atoms with van der Waals surface area (Å²) in [4.78, 5) is 4.58. The number of aromatic nitrogens is 1. The van der Waals surface area contributed by atoms with Crippen LogP contribution in [0.2, 0.25) is 0 Å². The van der Waals surface area contributed by atoms with Crippen molar-refractivity contribution < 1.29 is 7.86 Å². The highest BCUT2D eigenvalue weighted by atomic mass is 32.2. The zero-order valence-corrected chi connectivity index (χ0v) is 11.8. The van der Waals surface area contributed by atoms with Crippen LogP contribution < -0.4 is 9.29 Å². The van der Waals surface area contributed by atoms with Crippen molar-refractivity contribution in [2.45, 2.75) is 0 Å². The van der Waals surface area contributed by atoms with E-state index in [0.29, 0.717) is 5.82 Å². The topological polar surface area (TPSA) is 28.3 Å². The van der Waals surface area contributed by atoms with E-state index in [4.69, 9.17) is 0 Å². The van der Waals surface area contributed by atoms with E-state index in [0.717, 1.165) is 22.5 Å². The molecule has 0 fully saturated rings. The van der Waals surface area contributed by atoms with Crippen LogP contribution in [0.1, 0.15) is 5.56 Å². The van der Waals surface area contributed by atoms with Gasteiger partial charge in [-0.2, -0.15) is 0 Å². The fourth-order valence-electron chi connectivity index (χ4n) is 2.60. The number of benzene rings is 2. The highest BCUT2D eigenvalue weighted by Crippen LogP contribution is 2.33. The van der Waals surface area contributed by atoms with Gasteiger partial charge in [0.25, 0.3) is 18.2 Å². The highest BCUT2D eigenvalue weighted by molar-refractivity contribution is 7.87. The predicted octanol–water partition coefficient (Wildman–Crippen LogP) is 4.01. The van der Waals surface area contributed by atoms with Gasteiger partial charge in [-0.15, -0.1) is 7.86 Å². The summed E-state index contributed by atoms with van der Waals surface area (Å²) in [5.74, 6) is 1.30. The summed E-state index contributed by atoms with van der Waals surface area (Å²) >= 11 is 0.137. The van der Waals surface area contributed by atoms with E-state index in [1.807, 2.05) is 30.3 Å². The molecule has 2 aromatic carbocycles. The second-order valence-electron chi connectivity index (χ2n) is 4.75. The smallest absolute Gasteiger partial charge is 0.318 e. The molecular weight excluding hydrogens is 285 g/mol. The Morgan fingerprint density at radius 3 is 2.71 bits per heavy atom. The van der Waals surface area contributed by atoms with Gasteiger partial charge in [0.15, 0.2) is 0 Å². The van der Waals surface area contributed by atoms with Crippen LogP contribution >= 0.6 is 12.3 Å². The average Bonchev–Trinajstić information content (AvgIpc) is 2.88. The van der Waals surface area contributed by atoms with E-state index >= 15 is 0 Å². The summed E-state index contributed by atoms with van der Waals surface area (Å²) in [5, 5.41) is 5.64. The lowest BCUT2D eigenvalue weighted by Gasteiger charge is -1.97. The third kappa shape index (κ3) is 1.97. The number of rotatable bonds is 2. The summed E-state index contributed by atoms with van der Waals surface area (Å²) in [5.41, 5.74) is 2.08. The van der Waals surface area contributed by atoms with Crippen LogP contribution in [-0.4, -0.2) is 5.84 Å². The molecule has 0 radical (unpaired) electrons. The SMILES string of the molecule is FS[n+]1ccccc1/N=C1\Nc2cccc3cccc1c23. The number of halogens is 1. The summed E-state index contributed by atoms with van der Waals surface area (Å²) in [6.45, 7) is 0. The van der Waals surface area contributed by atoms with Gasteiger partial charge in [-0.25, -0.2) is 0 Å². The number of nitrogens with one attached hydrogen (secondary N) is 1. The molecule has 1 aliphatic rings. The maximum absolute atomic E-state index is 12.9. The quantitative estimate of drug-likeness (QED) is 0.724. The molecule has 0 atom stereocenters. The number of pyridine rings is 1. The van der Waals surface area contributed by atoms with E-state index < -0.39 is 0 Å². The lowest BCUT2D eigenvalue weighted by Crippen LogP contribution is -2.23. The molecule has 102 valence electrons. The molecule has 0 saturated heterocycles. The van der Waals surface area contributed by atoms with Crippen molar-refractivity contribution in [2.75, 3.05) is 5.32 Å². The van der Waals surface area contributed by atoms with Crippen LogP contribution in [0.25, 0.3) is 10.8 Å². The van der Waals surface area contributed by atoms with Crippen LogP contribution in [-0.2, 0) is 0 Å². The first-order valence-corrected chi connectivity index (χ1v) is 7.22. The molecule has 1 aromatic heterocycles. The van der Waals surface area contributed by atoms with Crippen LogP contribution in [0.4, 0.5) is 15.4 Å². The molecule has 4 rings (SSSR count). The van der Waals surface area contributed by atoms with Crippen LogP contribution in [0.15, 0.2) is 65.8 Å². The van der Waals surface area contributed by atoms with Gasteiger partial charge in [-0.05, 0) is 28.6 Å². The first kappa shape index (κ1) is 12.3. The molecule has 0 amide bonds. The Labute approximate surface area is 125 Å². The van der Waals surface area contributed by atoms with Crippen molar-refractivity contribution >= 4 is 40.4 Å². The fraction of sp³-hybridized carbons (Fsp3) is 0. The Kier molecular flexibility index (Phi) is 2.86. The third-order valence-corrected chi connectivity index (χ3v) is 3.97. The summed E-state index contributed by atoms with van der Waals surface area (Å²) < 4.78 is 14.3. The summed E-state index contributed by atoms with van der Waals surface area (Å²) in [7, 11) is 0. The van der Waals surface area contributed by atoms with Crippen molar-refractivity contribution in [2.24, 2.45) is 4.99 Å². The molecule has 0 unspecified atom stereocenters. The molecule has 0 aliphatic carbocycles. The zero-order valence-electron chi connectivity index (χ0n) is 11.0. The second-order valence-corrected chi connectivity index (χ2v) is 5.28. The number of hydrogen-bond acceptors (Lipinski definition) is 2. The van der Waals surface area contributed by atoms with Gasteiger partial charge in [-0.3, -0.25) is 0 Å². The second kappa shape index (κ2) is 4.86. The number of anilines is 1. The van der Waals surface area contributed by atoms with E-state index in [1.165, 1.54) is 9.36 Å². The third-order valence-electron chi connectivity index (χ3n) is 3.52. The molecule has 1 aliphatic heterocycles. The van der Waals surface area contributed by atoms with Gasteiger partial charge in [0.1, 0.15) is 6.20 Å². The lowest BCUT2D eigenvalue weighted by molar-refractivity contribution is -0.483. The molecule has 1 N–H and O–H groups in total. The van der Waals surface area contributed by atoms with Crippen molar-refractivity contribution in [1.82, 2.24) is 0 Å². The largest absolute Gasteiger partial charge is 0.339 e. The summed E-state index contributed by atoms with van der Waals surface area (Å²) in [6.07, 6.45) is 1.65. The van der Waals surface area contributed by atoms with Crippen LogP contribution in [0, 0.1) is 0 Å². The van der Waals surface area contributed by atoms with Gasteiger partial charge in [0, 0.05) is 11.5 Å². The predicted molar refractivity (Wildman–Crippen MR) is 84.5 cm³/mol. The standard InChI is InChI=1S/C16H10FN3S/c17-21-20-10-2-1-9-14(20)19-16-12-7-3-5-11-6-4-8-13(18-16)15(11)12/h1-10H/p+1. The first-order chi connectivity index (χ1) is 10.4. The normalized spacial score (nSPS) is 14.6. The van der Waals surface area contributed by atoms with E-state index in [1.54, 1.807) is 18.3 Å². The zero-order chi connectivity index (χ0) is 14.2. The minimum Gasteiger partial charge on any atom is -0.318 e. The molecular formula is C16H11FN3S+. The Morgan fingerprint density at radius 2 is 1.86 bits per heavy atom. The van der Waals surface area contributed by atoms with Gasteiger partial charge in [0.05, 0.1) is 11.3 Å². The van der Waals surface area contributed by atoms with Crippen LogP contribution in [0.3, 0.4) is 0 Å². The van der Waals surface area contributed by atoms with E-state index in [9.17, 15) is 3.89 Å². The Balaban J connectivity index is 1.90. The Morgan fingerprint density at radius 1 is 1.00 bits per heavy atom. The average molecular weight is 296 g/mol. The molecule has 21 heavy (non-hydrogen) atoms. The number of nitrogens with zero attached hydrogens (tertiary/aromatic N) is 2. The maximum atomic E-state index is 12.9. The molecule has 0 saturated carbocycles. The minimum absolute atomic E-state index is 0.137. The highest BCUT2D eigenvalue weighted by Gasteiger charge is 2.24. The van der Waals surface area contributed by atoms with Gasteiger partial charge < -0.3 is 5.32 Å². The maximum Gasteiger partial charge on any atom is 0.339 e. The Hall–Kier alpha value is -2.40. The van der Waals surface area contributed by atoms with E-state index in [-0.39, 0.29) is 12.3 Å². The van der Waals surface area contributed by atoms with Gasteiger partial charge >= 0.3 is 5.82 Å². The van der Waals surface area contributed by atoms with E-state index in [2.05, 4.69) is 22.4 Å². The molecule has 3 nitrogen and oxygen atoms in total. The minimum atomic E-state index is 0.137. The van der Waals surface area contributed by atoms with Crippen molar-refractivity contribution in [1.29, 1.82) is 0 Å². The lowest BCUT2D eigenvalue weighted by atomic mass is 10.1. The van der Waals surface area contributed by atoms with Gasteiger partial charge in [-0.1, -0.05) is 30.3 Å². The molecule has 0 spiro atoms. The number of aliphatic imine (C=N–C) groups is 1. The molecule has 5 heteroatoms. The number of amidine groups is 1. The number of hydrogen-bond donors (Lipinski definition) is 1. The Bertz CT molecular complexity index is 871. The fourth-order valence-corrected chi connectivity index (χ4v) is 2.89. The van der Waals surface area contributed by atoms with Gasteiger partial charge in [0.2, 0.25) is 0 Å². The van der Waals surface area contributed by atoms with Crippen molar-refractivity contribution in [3.8, 4) is 0 Å². The van der Waals surface area contributed by atoms with Crippen molar-refractivity contribution in [3.05, 3.63) is 66.4 Å². The molecule has 3 aromatic rings. The molecule has 0 bridgehead atoms. The van der Waals surface area contributed by atoms with Crippen LogP contribution in [0.5, 0.6) is 0 Å². The monoisotopic (exact) mass is 296 g/mol. The summed E-state index contributed by atoms with van der Waals surface area (Å²) in [6, 6.07) is 17.6. The first-order valence-electron chi connectivity index (χ1n) is 6.54. The molecule has 2 heterocycles.